The Morgan fingerprint density at radius 1 is 1.03 bits per heavy atom. The highest BCUT2D eigenvalue weighted by Crippen LogP contribution is 2.38. The van der Waals surface area contributed by atoms with Crippen LogP contribution in [0.25, 0.3) is 0 Å². The van der Waals surface area contributed by atoms with Crippen LogP contribution in [-0.4, -0.2) is 5.91 Å². The van der Waals surface area contributed by atoms with Crippen molar-refractivity contribution in [2.75, 3.05) is 5.32 Å². The van der Waals surface area contributed by atoms with Crippen LogP contribution in [0.5, 0.6) is 5.75 Å². The third-order valence-corrected chi connectivity index (χ3v) is 4.41. The number of hydrogen-bond acceptors (Lipinski definition) is 3. The van der Waals surface area contributed by atoms with E-state index < -0.39 is 52.4 Å². The maximum Gasteiger partial charge on any atom is 0.422 e. The molecular formula is C20H11ClF7NO3. The van der Waals surface area contributed by atoms with E-state index in [-0.39, 0.29) is 12.4 Å². The molecule has 0 spiro atoms. The summed E-state index contributed by atoms with van der Waals surface area (Å²) in [6, 6.07) is 7.16. The van der Waals surface area contributed by atoms with E-state index in [4.69, 9.17) is 20.8 Å². The average molecular weight is 482 g/mol. The maximum absolute atomic E-state index is 13.9. The number of benzene rings is 2. The van der Waals surface area contributed by atoms with E-state index in [0.717, 1.165) is 6.07 Å². The predicted molar refractivity (Wildman–Crippen MR) is 98.5 cm³/mol. The Bertz CT molecular complexity index is 1160. The molecule has 0 atom stereocenters. The minimum Gasteiger partial charge on any atom is -0.485 e. The van der Waals surface area contributed by atoms with Crippen LogP contribution in [0.4, 0.5) is 36.4 Å². The molecule has 0 aliphatic carbocycles. The van der Waals surface area contributed by atoms with Gasteiger partial charge >= 0.3 is 6.18 Å². The minimum absolute atomic E-state index is 0.0928. The van der Waals surface area contributed by atoms with Gasteiger partial charge in [0.25, 0.3) is 5.91 Å². The van der Waals surface area contributed by atoms with E-state index in [0.29, 0.717) is 16.3 Å². The molecule has 0 saturated heterocycles. The Balaban J connectivity index is 1.78. The van der Waals surface area contributed by atoms with Crippen LogP contribution in [-0.2, 0) is 12.8 Å². The van der Waals surface area contributed by atoms with Gasteiger partial charge in [0.1, 0.15) is 29.4 Å². The number of halogens is 8. The normalized spacial score (nSPS) is 11.5. The Morgan fingerprint density at radius 2 is 1.66 bits per heavy atom. The summed E-state index contributed by atoms with van der Waals surface area (Å²) in [5.74, 6) is -11.6. The predicted octanol–water partition coefficient (Wildman–Crippen LogP) is 6.65. The van der Waals surface area contributed by atoms with Crippen molar-refractivity contribution in [3.05, 3.63) is 81.3 Å². The first-order valence-corrected chi connectivity index (χ1v) is 9.00. The lowest BCUT2D eigenvalue weighted by atomic mass is 10.1. The highest BCUT2D eigenvalue weighted by Gasteiger charge is 2.42. The molecule has 2 aromatic carbocycles. The molecule has 4 nitrogen and oxygen atoms in total. The molecule has 0 bridgehead atoms. The van der Waals surface area contributed by atoms with Crippen molar-refractivity contribution in [2.24, 2.45) is 0 Å². The fourth-order valence-corrected chi connectivity index (χ4v) is 2.89. The number of anilines is 1. The third-order valence-electron chi connectivity index (χ3n) is 4.18. The summed E-state index contributed by atoms with van der Waals surface area (Å²) in [6.07, 6.45) is -5.70. The van der Waals surface area contributed by atoms with Crippen LogP contribution in [0.15, 0.2) is 34.7 Å². The van der Waals surface area contributed by atoms with Crippen LogP contribution in [0.1, 0.15) is 27.4 Å². The highest BCUT2D eigenvalue weighted by molar-refractivity contribution is 6.30. The van der Waals surface area contributed by atoms with Gasteiger partial charge in [-0.25, -0.2) is 17.6 Å². The number of rotatable bonds is 5. The van der Waals surface area contributed by atoms with E-state index >= 15 is 0 Å². The van der Waals surface area contributed by atoms with Gasteiger partial charge in [0.05, 0.1) is 0 Å². The summed E-state index contributed by atoms with van der Waals surface area (Å²) in [7, 11) is 0. The average Bonchev–Trinajstić information content (AvgIpc) is 3.17. The third kappa shape index (κ3) is 4.67. The van der Waals surface area contributed by atoms with Crippen molar-refractivity contribution in [1.82, 2.24) is 0 Å². The molecule has 0 radical (unpaired) electrons. The topological polar surface area (TPSA) is 51.5 Å². The minimum atomic E-state index is -5.70. The summed E-state index contributed by atoms with van der Waals surface area (Å²) in [4.78, 5) is 12.1. The largest absolute Gasteiger partial charge is 0.485 e. The molecule has 0 aliphatic heterocycles. The zero-order valence-corrected chi connectivity index (χ0v) is 16.6. The fraction of sp³-hybridized carbons (Fsp3) is 0.150. The van der Waals surface area contributed by atoms with Gasteiger partial charge in [-0.2, -0.15) is 13.2 Å². The van der Waals surface area contributed by atoms with E-state index in [9.17, 15) is 35.5 Å². The fourth-order valence-electron chi connectivity index (χ4n) is 2.67. The number of furan rings is 1. The van der Waals surface area contributed by atoms with Gasteiger partial charge in [0.2, 0.25) is 0 Å². The molecule has 0 unspecified atom stereocenters. The molecule has 0 fully saturated rings. The number of aryl methyl sites for hydroxylation is 1. The summed E-state index contributed by atoms with van der Waals surface area (Å²) >= 11 is 5.84. The summed E-state index contributed by atoms with van der Waals surface area (Å²) in [5, 5.41) is 1.96. The first kappa shape index (κ1) is 23.5. The Labute approximate surface area is 180 Å². The van der Waals surface area contributed by atoms with E-state index in [2.05, 4.69) is 0 Å². The molecule has 32 heavy (non-hydrogen) atoms. The zero-order valence-electron chi connectivity index (χ0n) is 15.8. The van der Waals surface area contributed by atoms with Gasteiger partial charge in [-0.05, 0) is 42.8 Å². The summed E-state index contributed by atoms with van der Waals surface area (Å²) in [5.41, 5.74) is -3.77. The lowest BCUT2D eigenvalue weighted by Gasteiger charge is -2.14. The Morgan fingerprint density at radius 3 is 2.22 bits per heavy atom. The molecule has 3 aromatic rings. The summed E-state index contributed by atoms with van der Waals surface area (Å²) < 4.78 is 104. The van der Waals surface area contributed by atoms with Crippen LogP contribution >= 0.6 is 11.6 Å². The standard InChI is InChI=1S/C20H11ClF7NO3/c1-8-6-9(21)2-4-11(8)31-7-10-3-5-12(32-10)19(30)29-18-16(24)14(22)13(20(26,27)28)15(23)17(18)25/h2-6H,7H2,1H3,(H,29,30). The molecule has 1 aromatic heterocycles. The molecule has 12 heteroatoms. The first-order chi connectivity index (χ1) is 14.9. The monoisotopic (exact) mass is 481 g/mol. The number of nitrogens with one attached hydrogen (secondary N) is 1. The van der Waals surface area contributed by atoms with Gasteiger partial charge in [-0.15, -0.1) is 0 Å². The number of hydrogen-bond donors (Lipinski definition) is 1. The quantitative estimate of drug-likeness (QED) is 0.328. The second-order valence-corrected chi connectivity index (χ2v) is 6.86. The molecule has 1 heterocycles. The van der Waals surface area contributed by atoms with Crippen LogP contribution in [0, 0.1) is 30.2 Å². The van der Waals surface area contributed by atoms with Crippen molar-refractivity contribution >= 4 is 23.2 Å². The number of ether oxygens (including phenoxy) is 1. The van der Waals surface area contributed by atoms with Gasteiger partial charge in [0.15, 0.2) is 29.0 Å². The molecule has 0 saturated carbocycles. The number of carbonyl (C=O) groups is 1. The zero-order chi connectivity index (χ0) is 23.8. The van der Waals surface area contributed by atoms with Crippen molar-refractivity contribution in [3.63, 3.8) is 0 Å². The molecule has 170 valence electrons. The Kier molecular flexibility index (Phi) is 6.40. The first-order valence-electron chi connectivity index (χ1n) is 8.62. The molecule has 0 aliphatic rings. The number of carbonyl (C=O) groups excluding carboxylic acids is 1. The highest BCUT2D eigenvalue weighted by atomic mass is 35.5. The summed E-state index contributed by atoms with van der Waals surface area (Å²) in [6.45, 7) is 1.57. The number of amides is 1. The Hall–Kier alpha value is -3.21. The van der Waals surface area contributed by atoms with E-state index in [1.807, 2.05) is 0 Å². The molecular weight excluding hydrogens is 471 g/mol. The van der Waals surface area contributed by atoms with Gasteiger partial charge < -0.3 is 14.5 Å². The van der Waals surface area contributed by atoms with E-state index in [1.54, 1.807) is 25.1 Å². The molecule has 1 amide bonds. The van der Waals surface area contributed by atoms with Gasteiger partial charge in [0, 0.05) is 5.02 Å². The van der Waals surface area contributed by atoms with Crippen LogP contribution < -0.4 is 10.1 Å². The number of alkyl halides is 3. The van der Waals surface area contributed by atoms with Crippen molar-refractivity contribution < 1.29 is 44.7 Å². The second-order valence-electron chi connectivity index (χ2n) is 6.42. The van der Waals surface area contributed by atoms with E-state index in [1.165, 1.54) is 11.4 Å². The van der Waals surface area contributed by atoms with Gasteiger partial charge in [-0.3, -0.25) is 4.79 Å². The van der Waals surface area contributed by atoms with Gasteiger partial charge in [-0.1, -0.05) is 11.6 Å². The SMILES string of the molecule is Cc1cc(Cl)ccc1OCc1ccc(C(=O)Nc2c(F)c(F)c(C(F)(F)F)c(F)c2F)o1. The second kappa shape index (κ2) is 8.73. The van der Waals surface area contributed by atoms with Crippen molar-refractivity contribution in [3.8, 4) is 5.75 Å². The lowest BCUT2D eigenvalue weighted by molar-refractivity contribution is -0.143. The molecule has 3 rings (SSSR count). The van der Waals surface area contributed by atoms with Crippen LogP contribution in [0.3, 0.4) is 0 Å². The van der Waals surface area contributed by atoms with Crippen molar-refractivity contribution in [2.45, 2.75) is 19.7 Å². The molecule has 1 N–H and O–H groups in total. The van der Waals surface area contributed by atoms with Crippen LogP contribution in [0.2, 0.25) is 5.02 Å². The maximum atomic E-state index is 13.9. The lowest BCUT2D eigenvalue weighted by Crippen LogP contribution is -2.20. The van der Waals surface area contributed by atoms with Crippen molar-refractivity contribution in [1.29, 1.82) is 0 Å². The smallest absolute Gasteiger partial charge is 0.422 e.